The molecule has 0 bridgehead atoms. The second kappa shape index (κ2) is 8.74. The van der Waals surface area contributed by atoms with E-state index in [1.54, 1.807) is 19.1 Å². The average Bonchev–Trinajstić information content (AvgIpc) is 2.61. The first kappa shape index (κ1) is 18.3. The summed E-state index contributed by atoms with van der Waals surface area (Å²) >= 11 is 6.06. The minimum absolute atomic E-state index is 0.154. The number of carbonyl (C=O) groups is 1. The molecule has 2 aromatic rings. The number of amides is 1. The first-order valence-electron chi connectivity index (χ1n) is 8.34. The van der Waals surface area contributed by atoms with Gasteiger partial charge in [0.05, 0.1) is 5.02 Å². The van der Waals surface area contributed by atoms with Gasteiger partial charge in [0.15, 0.2) is 6.10 Å². The average molecular weight is 346 g/mol. The summed E-state index contributed by atoms with van der Waals surface area (Å²) in [6, 6.07) is 13.6. The van der Waals surface area contributed by atoms with Crippen LogP contribution in [-0.4, -0.2) is 12.0 Å². The van der Waals surface area contributed by atoms with Crippen molar-refractivity contribution in [3.05, 3.63) is 64.2 Å². The van der Waals surface area contributed by atoms with Crippen molar-refractivity contribution >= 4 is 17.5 Å². The van der Waals surface area contributed by atoms with Crippen molar-refractivity contribution < 1.29 is 9.53 Å². The molecule has 2 aromatic carbocycles. The summed E-state index contributed by atoms with van der Waals surface area (Å²) < 4.78 is 5.65. The van der Waals surface area contributed by atoms with Crippen LogP contribution in [0.1, 0.15) is 37.5 Å². The third-order valence-corrected chi connectivity index (χ3v) is 4.33. The number of benzene rings is 2. The van der Waals surface area contributed by atoms with E-state index in [9.17, 15) is 4.79 Å². The lowest BCUT2D eigenvalue weighted by Gasteiger charge is -2.17. The molecule has 0 unspecified atom stereocenters. The van der Waals surface area contributed by atoms with Crippen LogP contribution in [0.3, 0.4) is 0 Å². The molecule has 0 heterocycles. The molecular weight excluding hydrogens is 322 g/mol. The fourth-order valence-electron chi connectivity index (χ4n) is 2.52. The Morgan fingerprint density at radius 3 is 2.54 bits per heavy atom. The summed E-state index contributed by atoms with van der Waals surface area (Å²) in [5, 5.41) is 3.46. The second-order valence-corrected chi connectivity index (χ2v) is 6.13. The molecule has 0 saturated carbocycles. The Morgan fingerprint density at radius 1 is 1.12 bits per heavy atom. The summed E-state index contributed by atoms with van der Waals surface area (Å²) in [5.74, 6) is 0.364. The molecule has 2 rings (SSSR count). The van der Waals surface area contributed by atoms with E-state index in [-0.39, 0.29) is 5.91 Å². The second-order valence-electron chi connectivity index (χ2n) is 5.72. The van der Waals surface area contributed by atoms with Crippen LogP contribution in [0.2, 0.25) is 5.02 Å². The minimum atomic E-state index is -0.607. The van der Waals surface area contributed by atoms with E-state index in [2.05, 4.69) is 37.4 Å². The largest absolute Gasteiger partial charge is 0.479 e. The monoisotopic (exact) mass is 345 g/mol. The lowest BCUT2D eigenvalue weighted by molar-refractivity contribution is -0.127. The van der Waals surface area contributed by atoms with Gasteiger partial charge in [-0.2, -0.15) is 0 Å². The number of nitrogens with one attached hydrogen (secondary N) is 1. The number of carbonyl (C=O) groups excluding carboxylic acids is 1. The Bertz CT molecular complexity index is 700. The Hall–Kier alpha value is -2.00. The normalized spacial score (nSPS) is 11.8. The number of halogens is 1. The zero-order valence-corrected chi connectivity index (χ0v) is 15.2. The maximum absolute atomic E-state index is 12.3. The molecule has 0 aromatic heterocycles. The van der Waals surface area contributed by atoms with Gasteiger partial charge in [-0.15, -0.1) is 0 Å². The molecule has 1 N–H and O–H groups in total. The van der Waals surface area contributed by atoms with Gasteiger partial charge in [-0.1, -0.05) is 55.8 Å². The van der Waals surface area contributed by atoms with Gasteiger partial charge in [0.2, 0.25) is 0 Å². The third kappa shape index (κ3) is 4.75. The summed E-state index contributed by atoms with van der Waals surface area (Å²) in [4.78, 5) is 12.3. The molecule has 0 aliphatic carbocycles. The summed E-state index contributed by atoms with van der Waals surface area (Å²) in [6.07, 6.45) is 1.32. The SMILES string of the molecule is CCc1ccc(CC)c(CNC(=O)[C@H](C)Oc2ccccc2Cl)c1. The Labute approximate surface area is 149 Å². The lowest BCUT2D eigenvalue weighted by Crippen LogP contribution is -2.36. The fraction of sp³-hybridized carbons (Fsp3) is 0.350. The van der Waals surface area contributed by atoms with Crippen molar-refractivity contribution in [1.29, 1.82) is 0 Å². The van der Waals surface area contributed by atoms with Crippen molar-refractivity contribution in [3.8, 4) is 5.75 Å². The van der Waals surface area contributed by atoms with E-state index in [0.29, 0.717) is 17.3 Å². The fourth-order valence-corrected chi connectivity index (χ4v) is 2.70. The zero-order valence-electron chi connectivity index (χ0n) is 14.4. The van der Waals surface area contributed by atoms with E-state index < -0.39 is 6.10 Å². The van der Waals surface area contributed by atoms with Crippen molar-refractivity contribution in [1.82, 2.24) is 5.32 Å². The van der Waals surface area contributed by atoms with Gasteiger partial charge in [0.25, 0.3) is 5.91 Å². The molecule has 4 heteroatoms. The number of rotatable bonds is 7. The van der Waals surface area contributed by atoms with Gasteiger partial charge >= 0.3 is 0 Å². The molecule has 0 fully saturated rings. The van der Waals surface area contributed by atoms with Crippen LogP contribution in [0.15, 0.2) is 42.5 Å². The quantitative estimate of drug-likeness (QED) is 0.799. The molecule has 0 saturated heterocycles. The standard InChI is InChI=1S/C20H24ClNO2/c1-4-15-10-11-16(5-2)17(12-15)13-22-20(23)14(3)24-19-9-7-6-8-18(19)21/h6-12,14H,4-5,13H2,1-3H3,(H,22,23)/t14-/m0/s1. The number of ether oxygens (including phenoxy) is 1. The van der Waals surface area contributed by atoms with Crippen LogP contribution >= 0.6 is 11.6 Å². The third-order valence-electron chi connectivity index (χ3n) is 4.02. The van der Waals surface area contributed by atoms with Crippen LogP contribution in [0.4, 0.5) is 0 Å². The van der Waals surface area contributed by atoms with Gasteiger partial charge in [-0.05, 0) is 48.6 Å². The van der Waals surface area contributed by atoms with Crippen molar-refractivity contribution in [3.63, 3.8) is 0 Å². The number of aryl methyl sites for hydroxylation is 2. The van der Waals surface area contributed by atoms with E-state index in [1.165, 1.54) is 11.1 Å². The van der Waals surface area contributed by atoms with Gasteiger partial charge in [0, 0.05) is 6.54 Å². The van der Waals surface area contributed by atoms with Gasteiger partial charge in [-0.3, -0.25) is 4.79 Å². The molecule has 24 heavy (non-hydrogen) atoms. The van der Waals surface area contributed by atoms with Gasteiger partial charge < -0.3 is 10.1 Å². The van der Waals surface area contributed by atoms with Gasteiger partial charge in [0.1, 0.15) is 5.75 Å². The Kier molecular flexibility index (Phi) is 6.68. The maximum Gasteiger partial charge on any atom is 0.261 e. The highest BCUT2D eigenvalue weighted by molar-refractivity contribution is 6.32. The highest BCUT2D eigenvalue weighted by Gasteiger charge is 2.16. The number of hydrogen-bond acceptors (Lipinski definition) is 2. The predicted octanol–water partition coefficient (Wildman–Crippen LogP) is 4.55. The van der Waals surface area contributed by atoms with E-state index >= 15 is 0 Å². The molecule has 1 amide bonds. The van der Waals surface area contributed by atoms with Crippen LogP contribution in [0.25, 0.3) is 0 Å². The first-order chi connectivity index (χ1) is 11.5. The Balaban J connectivity index is 1.98. The van der Waals surface area contributed by atoms with E-state index in [1.807, 2.05) is 12.1 Å². The highest BCUT2D eigenvalue weighted by Crippen LogP contribution is 2.24. The molecule has 1 atom stereocenters. The molecule has 128 valence electrons. The number of para-hydroxylation sites is 1. The molecule has 0 radical (unpaired) electrons. The van der Waals surface area contributed by atoms with Crippen molar-refractivity contribution in [2.45, 2.75) is 46.3 Å². The topological polar surface area (TPSA) is 38.3 Å². The molecule has 0 spiro atoms. The molecule has 3 nitrogen and oxygen atoms in total. The lowest BCUT2D eigenvalue weighted by atomic mass is 10.0. The molecule has 0 aliphatic rings. The van der Waals surface area contributed by atoms with Crippen molar-refractivity contribution in [2.24, 2.45) is 0 Å². The van der Waals surface area contributed by atoms with Crippen LogP contribution in [0, 0.1) is 0 Å². The predicted molar refractivity (Wildman–Crippen MR) is 98.6 cm³/mol. The smallest absolute Gasteiger partial charge is 0.261 e. The molecule has 0 aliphatic heterocycles. The van der Waals surface area contributed by atoms with Crippen LogP contribution < -0.4 is 10.1 Å². The minimum Gasteiger partial charge on any atom is -0.479 e. The number of hydrogen-bond donors (Lipinski definition) is 1. The summed E-state index contributed by atoms with van der Waals surface area (Å²) in [7, 11) is 0. The maximum atomic E-state index is 12.3. The van der Waals surface area contributed by atoms with Crippen molar-refractivity contribution in [2.75, 3.05) is 0 Å². The van der Waals surface area contributed by atoms with Crippen LogP contribution in [0.5, 0.6) is 5.75 Å². The zero-order chi connectivity index (χ0) is 17.5. The first-order valence-corrected chi connectivity index (χ1v) is 8.72. The summed E-state index contributed by atoms with van der Waals surface area (Å²) in [5.41, 5.74) is 3.69. The summed E-state index contributed by atoms with van der Waals surface area (Å²) in [6.45, 7) is 6.48. The van der Waals surface area contributed by atoms with Crippen LogP contribution in [-0.2, 0) is 24.2 Å². The molecular formula is C20H24ClNO2. The highest BCUT2D eigenvalue weighted by atomic mass is 35.5. The Morgan fingerprint density at radius 2 is 1.88 bits per heavy atom. The van der Waals surface area contributed by atoms with E-state index in [0.717, 1.165) is 18.4 Å². The van der Waals surface area contributed by atoms with Gasteiger partial charge in [-0.25, -0.2) is 0 Å². The van der Waals surface area contributed by atoms with E-state index in [4.69, 9.17) is 16.3 Å².